The molecule has 0 aliphatic rings. The average Bonchev–Trinajstić information content (AvgIpc) is 2.61. The quantitative estimate of drug-likeness (QED) is 0.408. The molecule has 2 aromatic carbocycles. The molecule has 0 aliphatic carbocycles. The van der Waals surface area contributed by atoms with Crippen LogP contribution in [0, 0.1) is 0 Å². The van der Waals surface area contributed by atoms with Crippen molar-refractivity contribution in [3.63, 3.8) is 0 Å². The molecule has 3 aromatic rings. The van der Waals surface area contributed by atoms with Crippen molar-refractivity contribution in [3.05, 3.63) is 30.3 Å². The molecule has 0 amide bonds. The second-order valence-electron chi connectivity index (χ2n) is 4.13. The van der Waals surface area contributed by atoms with Crippen molar-refractivity contribution in [1.82, 2.24) is 4.57 Å². The Labute approximate surface area is 97.5 Å². The minimum atomic E-state index is 0.126. The predicted octanol–water partition coefficient (Wildman–Crippen LogP) is 2.32. The standard InChI is InChI=1S/C13H12N2O2/c1-15-8-3-2-4-9(16)11(8)12-10(17)6-5-7(14)13(12)15/h2-6,16-17H,14H2,1H3. The number of benzene rings is 2. The molecule has 3 rings (SSSR count). The van der Waals surface area contributed by atoms with Gasteiger partial charge in [-0.25, -0.2) is 0 Å². The summed E-state index contributed by atoms with van der Waals surface area (Å²) in [5.74, 6) is 0.273. The smallest absolute Gasteiger partial charge is 0.125 e. The molecule has 4 N–H and O–H groups in total. The van der Waals surface area contributed by atoms with Crippen LogP contribution in [0.25, 0.3) is 21.8 Å². The minimum Gasteiger partial charge on any atom is -0.507 e. The maximum Gasteiger partial charge on any atom is 0.125 e. The normalized spacial score (nSPS) is 11.4. The highest BCUT2D eigenvalue weighted by atomic mass is 16.3. The van der Waals surface area contributed by atoms with E-state index in [0.717, 1.165) is 11.0 Å². The van der Waals surface area contributed by atoms with E-state index in [0.29, 0.717) is 16.5 Å². The van der Waals surface area contributed by atoms with Crippen LogP contribution in [0.1, 0.15) is 0 Å². The Morgan fingerprint density at radius 3 is 2.47 bits per heavy atom. The summed E-state index contributed by atoms with van der Waals surface area (Å²) in [7, 11) is 1.86. The number of rotatable bonds is 0. The van der Waals surface area contributed by atoms with E-state index in [4.69, 9.17) is 5.73 Å². The van der Waals surface area contributed by atoms with Crippen LogP contribution in [-0.2, 0) is 7.05 Å². The first-order valence-corrected chi connectivity index (χ1v) is 5.29. The summed E-state index contributed by atoms with van der Waals surface area (Å²) >= 11 is 0. The average molecular weight is 228 g/mol. The zero-order chi connectivity index (χ0) is 12.2. The van der Waals surface area contributed by atoms with Crippen LogP contribution in [0.3, 0.4) is 0 Å². The van der Waals surface area contributed by atoms with E-state index in [1.54, 1.807) is 24.3 Å². The Kier molecular flexibility index (Phi) is 1.78. The first kappa shape index (κ1) is 9.84. The van der Waals surface area contributed by atoms with Crippen LogP contribution >= 0.6 is 0 Å². The molecule has 0 fully saturated rings. The molecule has 1 heterocycles. The van der Waals surface area contributed by atoms with Gasteiger partial charge in [-0.3, -0.25) is 0 Å². The number of anilines is 1. The van der Waals surface area contributed by atoms with Gasteiger partial charge in [0.25, 0.3) is 0 Å². The van der Waals surface area contributed by atoms with Gasteiger partial charge in [0.05, 0.1) is 27.5 Å². The molecule has 0 spiro atoms. The van der Waals surface area contributed by atoms with Crippen molar-refractivity contribution in [1.29, 1.82) is 0 Å². The van der Waals surface area contributed by atoms with Gasteiger partial charge in [0.15, 0.2) is 0 Å². The lowest BCUT2D eigenvalue weighted by Crippen LogP contribution is -1.92. The van der Waals surface area contributed by atoms with Gasteiger partial charge >= 0.3 is 0 Å². The molecule has 86 valence electrons. The van der Waals surface area contributed by atoms with Crippen LogP contribution in [-0.4, -0.2) is 14.8 Å². The number of hydrogen-bond acceptors (Lipinski definition) is 3. The van der Waals surface area contributed by atoms with E-state index >= 15 is 0 Å². The molecule has 4 heteroatoms. The molecule has 0 saturated heterocycles. The third-order valence-corrected chi connectivity index (χ3v) is 3.15. The third kappa shape index (κ3) is 1.12. The summed E-state index contributed by atoms with van der Waals surface area (Å²) in [6.07, 6.45) is 0. The summed E-state index contributed by atoms with van der Waals surface area (Å²) in [6.45, 7) is 0. The lowest BCUT2D eigenvalue weighted by atomic mass is 10.1. The summed E-state index contributed by atoms with van der Waals surface area (Å²) in [4.78, 5) is 0. The minimum absolute atomic E-state index is 0.126. The molecule has 1 aromatic heterocycles. The van der Waals surface area contributed by atoms with Crippen molar-refractivity contribution in [2.75, 3.05) is 5.73 Å². The van der Waals surface area contributed by atoms with Crippen molar-refractivity contribution < 1.29 is 10.2 Å². The number of aryl methyl sites for hydroxylation is 1. The molecule has 0 aliphatic heterocycles. The summed E-state index contributed by atoms with van der Waals surface area (Å²) in [5.41, 5.74) is 8.08. The fraction of sp³-hybridized carbons (Fsp3) is 0.0769. The van der Waals surface area contributed by atoms with E-state index in [2.05, 4.69) is 0 Å². The Hall–Kier alpha value is -2.36. The summed E-state index contributed by atoms with van der Waals surface area (Å²) < 4.78 is 1.87. The maximum atomic E-state index is 9.95. The lowest BCUT2D eigenvalue weighted by molar-refractivity contribution is 0.477. The van der Waals surface area contributed by atoms with Gasteiger partial charge < -0.3 is 20.5 Å². The van der Waals surface area contributed by atoms with Crippen molar-refractivity contribution >= 4 is 27.5 Å². The van der Waals surface area contributed by atoms with Crippen LogP contribution in [0.15, 0.2) is 30.3 Å². The molecular formula is C13H12N2O2. The van der Waals surface area contributed by atoms with E-state index in [1.165, 1.54) is 0 Å². The van der Waals surface area contributed by atoms with E-state index < -0.39 is 0 Å². The summed E-state index contributed by atoms with van der Waals surface area (Å²) in [6, 6.07) is 8.46. The number of hydrogen-bond donors (Lipinski definition) is 3. The number of fused-ring (bicyclic) bond motifs is 3. The fourth-order valence-corrected chi connectivity index (χ4v) is 2.39. The number of phenolic OH excluding ortho intramolecular Hbond substituents is 2. The third-order valence-electron chi connectivity index (χ3n) is 3.15. The van der Waals surface area contributed by atoms with E-state index in [9.17, 15) is 10.2 Å². The highest BCUT2D eigenvalue weighted by molar-refractivity contribution is 6.16. The SMILES string of the molecule is Cn1c2cccc(O)c2c2c(O)ccc(N)c21. The molecule has 0 bridgehead atoms. The zero-order valence-corrected chi connectivity index (χ0v) is 9.31. The maximum absolute atomic E-state index is 9.95. The molecule has 4 nitrogen and oxygen atoms in total. The van der Waals surface area contributed by atoms with Gasteiger partial charge in [0.1, 0.15) is 11.5 Å². The van der Waals surface area contributed by atoms with Crippen molar-refractivity contribution in [2.45, 2.75) is 0 Å². The van der Waals surface area contributed by atoms with Gasteiger partial charge in [-0.15, -0.1) is 0 Å². The molecule has 0 radical (unpaired) electrons. The molecule has 0 atom stereocenters. The number of phenols is 2. The zero-order valence-electron chi connectivity index (χ0n) is 9.31. The topological polar surface area (TPSA) is 71.4 Å². The van der Waals surface area contributed by atoms with Crippen LogP contribution < -0.4 is 5.73 Å². The number of nitrogens with two attached hydrogens (primary N) is 1. The summed E-state index contributed by atoms with van der Waals surface area (Å²) in [5, 5.41) is 21.1. The van der Waals surface area contributed by atoms with Gasteiger partial charge in [-0.2, -0.15) is 0 Å². The number of aromatic hydroxyl groups is 2. The Morgan fingerprint density at radius 2 is 1.71 bits per heavy atom. The number of nitrogens with zero attached hydrogens (tertiary/aromatic N) is 1. The van der Waals surface area contributed by atoms with E-state index in [1.807, 2.05) is 17.7 Å². The van der Waals surface area contributed by atoms with Gasteiger partial charge in [0, 0.05) is 7.05 Å². The molecule has 17 heavy (non-hydrogen) atoms. The molecule has 0 unspecified atom stereocenters. The lowest BCUT2D eigenvalue weighted by Gasteiger charge is -2.02. The first-order chi connectivity index (χ1) is 8.11. The van der Waals surface area contributed by atoms with Crippen molar-refractivity contribution in [2.24, 2.45) is 7.05 Å². The largest absolute Gasteiger partial charge is 0.507 e. The highest BCUT2D eigenvalue weighted by Gasteiger charge is 2.16. The van der Waals surface area contributed by atoms with Gasteiger partial charge in [-0.05, 0) is 24.3 Å². The number of aromatic nitrogens is 1. The highest BCUT2D eigenvalue weighted by Crippen LogP contribution is 2.41. The first-order valence-electron chi connectivity index (χ1n) is 5.29. The van der Waals surface area contributed by atoms with Crippen LogP contribution in [0.4, 0.5) is 5.69 Å². The predicted molar refractivity (Wildman–Crippen MR) is 68.2 cm³/mol. The van der Waals surface area contributed by atoms with Crippen LogP contribution in [0.2, 0.25) is 0 Å². The molecular weight excluding hydrogens is 216 g/mol. The number of nitrogen functional groups attached to an aromatic ring is 1. The van der Waals surface area contributed by atoms with Gasteiger partial charge in [-0.1, -0.05) is 6.07 Å². The second-order valence-corrected chi connectivity index (χ2v) is 4.13. The Bertz CT molecular complexity index is 744. The Balaban J connectivity index is 2.75. The van der Waals surface area contributed by atoms with Gasteiger partial charge in [0.2, 0.25) is 0 Å². The van der Waals surface area contributed by atoms with E-state index in [-0.39, 0.29) is 11.5 Å². The fourth-order valence-electron chi connectivity index (χ4n) is 2.39. The van der Waals surface area contributed by atoms with Crippen molar-refractivity contribution in [3.8, 4) is 11.5 Å². The monoisotopic (exact) mass is 228 g/mol. The Morgan fingerprint density at radius 1 is 1.00 bits per heavy atom. The second kappa shape index (κ2) is 3.07. The molecule has 0 saturated carbocycles. The van der Waals surface area contributed by atoms with Crippen LogP contribution in [0.5, 0.6) is 11.5 Å².